The molecule has 1 amide bonds. The highest BCUT2D eigenvalue weighted by atomic mass is 16.3. The van der Waals surface area contributed by atoms with Crippen molar-refractivity contribution in [1.82, 2.24) is 122 Å². The van der Waals surface area contributed by atoms with Crippen LogP contribution >= 0.6 is 0 Å². The van der Waals surface area contributed by atoms with Gasteiger partial charge in [-0.1, -0.05) is 13.8 Å². The zero-order chi connectivity index (χ0) is 91.1. The number of likely N-dealkylation sites (N-methyl/N-ethyl adjacent to an activating group) is 1. The van der Waals surface area contributed by atoms with E-state index in [4.69, 9.17) is 10.2 Å². The van der Waals surface area contributed by atoms with Gasteiger partial charge in [0.15, 0.2) is 0 Å². The Labute approximate surface area is 746 Å². The summed E-state index contributed by atoms with van der Waals surface area (Å²) in [4.78, 5) is 32.9. The number of rotatable bonds is 12. The van der Waals surface area contributed by atoms with Gasteiger partial charge in [-0.2, -0.15) is 40.8 Å². The minimum absolute atomic E-state index is 0.0730. The molecule has 16 heterocycles. The van der Waals surface area contributed by atoms with Crippen molar-refractivity contribution < 1.29 is 9.90 Å². The van der Waals surface area contributed by atoms with Crippen molar-refractivity contribution in [1.29, 1.82) is 0 Å². The van der Waals surface area contributed by atoms with Crippen molar-refractivity contribution in [2.75, 3.05) is 20.7 Å². The maximum Gasteiger partial charge on any atom is 0.243 e. The molecule has 8 aromatic rings. The van der Waals surface area contributed by atoms with Crippen LogP contribution < -0.4 is 0 Å². The van der Waals surface area contributed by atoms with Gasteiger partial charge >= 0.3 is 0 Å². The van der Waals surface area contributed by atoms with Crippen LogP contribution in [-0.4, -0.2) is 198 Å². The average molecular weight is 1710 g/mol. The molecule has 27 nitrogen and oxygen atoms in total. The number of carbonyl (C=O) groups excluding carboxylic acids is 1. The smallest absolute Gasteiger partial charge is 0.243 e. The van der Waals surface area contributed by atoms with Gasteiger partial charge in [-0.25, -0.2) is 0 Å². The number of aliphatic hydroxyl groups excluding tert-OH is 1. The van der Waals surface area contributed by atoms with E-state index in [1.807, 2.05) is 20.2 Å². The average Bonchev–Trinajstić information content (AvgIpc) is 1.63. The van der Waals surface area contributed by atoms with E-state index in [1.165, 1.54) is 116 Å². The lowest BCUT2D eigenvalue weighted by atomic mass is 9.93. The molecule has 124 heavy (non-hydrogen) atoms. The lowest BCUT2D eigenvalue weighted by Gasteiger charge is -2.31. The number of aromatic nitrogens is 16. The monoisotopic (exact) mass is 1710 g/mol. The third-order valence-electron chi connectivity index (χ3n) is 26.3. The van der Waals surface area contributed by atoms with Crippen LogP contribution in [0.15, 0.2) is 49.6 Å². The van der Waals surface area contributed by atoms with Crippen molar-refractivity contribution in [2.24, 2.45) is 0 Å². The van der Waals surface area contributed by atoms with Crippen LogP contribution in [-0.2, 0) is 136 Å². The molecule has 690 valence electrons. The summed E-state index contributed by atoms with van der Waals surface area (Å²) in [6, 6.07) is 2.02. The van der Waals surface area contributed by atoms with Gasteiger partial charge in [-0.3, -0.25) is 81.4 Å². The van der Waals surface area contributed by atoms with E-state index in [1.54, 1.807) is 23.7 Å². The number of fused-ring (bicyclic) bond motifs is 8. The summed E-state index contributed by atoms with van der Waals surface area (Å²) < 4.78 is 16.3. The number of hydrogen-bond acceptors (Lipinski definition) is 18. The minimum Gasteiger partial charge on any atom is -0.394 e. The molecule has 2 saturated carbocycles. The minimum atomic E-state index is 0.0730. The van der Waals surface area contributed by atoms with Crippen LogP contribution in [0.4, 0.5) is 0 Å². The number of amides is 1. The molecule has 1 N–H and O–H groups in total. The predicted octanol–water partition coefficient (Wildman–Crippen LogP) is 17.1. The molecule has 0 radical (unpaired) electrons. The molecular formula is C97H165N25O2. The summed E-state index contributed by atoms with van der Waals surface area (Å²) in [5, 5.41) is 46.2. The van der Waals surface area contributed by atoms with Crippen LogP contribution in [0.1, 0.15) is 367 Å². The van der Waals surface area contributed by atoms with Gasteiger partial charge < -0.3 is 10.0 Å². The van der Waals surface area contributed by atoms with E-state index in [0.29, 0.717) is 18.6 Å². The molecule has 2 fully saturated rings. The van der Waals surface area contributed by atoms with E-state index < -0.39 is 0 Å². The summed E-state index contributed by atoms with van der Waals surface area (Å²) in [7, 11) is 3.53. The van der Waals surface area contributed by atoms with Crippen molar-refractivity contribution in [3.63, 3.8) is 0 Å². The first-order valence-electron chi connectivity index (χ1n) is 47.0. The fourth-order valence-corrected chi connectivity index (χ4v) is 16.6. The normalized spacial score (nSPS) is 18.5. The molecule has 8 aromatic heterocycles. The van der Waals surface area contributed by atoms with Gasteiger partial charge in [0.05, 0.1) is 70.3 Å². The molecule has 0 saturated heterocycles. The molecule has 10 aliphatic rings. The molecule has 0 bridgehead atoms. The van der Waals surface area contributed by atoms with E-state index in [9.17, 15) is 9.90 Å². The van der Waals surface area contributed by atoms with Crippen LogP contribution in [0, 0.1) is 0 Å². The second-order valence-corrected chi connectivity index (χ2v) is 45.1. The maximum absolute atomic E-state index is 11.6. The molecule has 27 heteroatoms. The summed E-state index contributed by atoms with van der Waals surface area (Å²) in [5.74, 6) is 0.0730. The fraction of sp³-hybridized carbons (Fsp3) is 0.742. The lowest BCUT2D eigenvalue weighted by molar-refractivity contribution is -0.129. The van der Waals surface area contributed by atoms with Crippen molar-refractivity contribution >= 4 is 5.91 Å². The first-order valence-corrected chi connectivity index (χ1v) is 47.0. The molecule has 1 unspecified atom stereocenters. The molecule has 2 aliphatic carbocycles. The predicted molar refractivity (Wildman–Crippen MR) is 498 cm³/mol. The second-order valence-electron chi connectivity index (χ2n) is 45.1. The number of aryl methyl sites for hydroxylation is 3. The zero-order valence-electron chi connectivity index (χ0n) is 83.3. The summed E-state index contributed by atoms with van der Waals surface area (Å²) in [5.41, 5.74) is 22.9. The SMILES string of the molecule is CC(C)(C)N1Cc2cn(C3CC3)nc2C1.CC(C)(C)N1Cc2cn(C3CCC3)nc2C1.CC(C)n1cc2c(n1)CN(C(C)(C)C)C2.CCC(CO)n1cc2c(n1)CN(C(C)(C)C)C2.CCCn1cc2c(n1)CN(C(C)(C)C)C2.CCn1cc2c(n1)CN(C(C)(C)C)C2.CCn1cc2c(n1)CN(C(C)(C)C)C2.CN(C)C(=O)Cn1cc2c(n1)CN(C(C)(C)C)C2. The van der Waals surface area contributed by atoms with E-state index >= 15 is 0 Å². The molecule has 0 aromatic carbocycles. The van der Waals surface area contributed by atoms with Gasteiger partial charge in [0.25, 0.3) is 0 Å². The highest BCUT2D eigenvalue weighted by Gasteiger charge is 2.39. The zero-order valence-corrected chi connectivity index (χ0v) is 83.3. The van der Waals surface area contributed by atoms with Crippen LogP contribution in [0.2, 0.25) is 0 Å². The third-order valence-corrected chi connectivity index (χ3v) is 26.3. The fourth-order valence-electron chi connectivity index (χ4n) is 16.6. The largest absolute Gasteiger partial charge is 0.394 e. The van der Waals surface area contributed by atoms with Crippen LogP contribution in [0.3, 0.4) is 0 Å². The van der Waals surface area contributed by atoms with Gasteiger partial charge in [0, 0.05) is 283 Å². The number of aliphatic hydroxyl groups is 1. The van der Waals surface area contributed by atoms with Gasteiger partial charge in [-0.05, 0) is 239 Å². The van der Waals surface area contributed by atoms with E-state index in [-0.39, 0.29) is 62.9 Å². The Morgan fingerprint density at radius 3 is 0.847 bits per heavy atom. The number of nitrogens with zero attached hydrogens (tertiary/aromatic N) is 25. The highest BCUT2D eigenvalue weighted by molar-refractivity contribution is 5.75. The van der Waals surface area contributed by atoms with Gasteiger partial charge in [0.2, 0.25) is 5.91 Å². The Bertz CT molecular complexity index is 4460. The first kappa shape index (κ1) is 97.4. The third kappa shape index (κ3) is 24.8. The Morgan fingerprint density at radius 1 is 0.347 bits per heavy atom. The van der Waals surface area contributed by atoms with Crippen molar-refractivity contribution in [3.8, 4) is 0 Å². The molecule has 8 aliphatic heterocycles. The molecular weight excluding hydrogens is 1550 g/mol. The van der Waals surface area contributed by atoms with Gasteiger partial charge in [-0.15, -0.1) is 0 Å². The quantitative estimate of drug-likeness (QED) is 0.121. The van der Waals surface area contributed by atoms with E-state index in [0.717, 1.165) is 149 Å². The van der Waals surface area contributed by atoms with Crippen molar-refractivity contribution in [2.45, 2.75) is 452 Å². The van der Waals surface area contributed by atoms with Crippen LogP contribution in [0.25, 0.3) is 0 Å². The number of carbonyl (C=O) groups is 1. The summed E-state index contributed by atoms with van der Waals surface area (Å²) in [6.45, 7) is 86.6. The molecule has 0 spiro atoms. The topological polar surface area (TPSA) is 209 Å². The molecule has 1 atom stereocenters. The number of hydrogen-bond donors (Lipinski definition) is 1. The Hall–Kier alpha value is -7.21. The van der Waals surface area contributed by atoms with Crippen LogP contribution in [0.5, 0.6) is 0 Å². The Kier molecular flexibility index (Phi) is 30.3. The summed E-state index contributed by atoms with van der Waals surface area (Å²) in [6.07, 6.45) is 26.2. The second kappa shape index (κ2) is 38.6. The van der Waals surface area contributed by atoms with Gasteiger partial charge in [0.1, 0.15) is 6.54 Å². The first-order chi connectivity index (χ1) is 57.7. The Balaban J connectivity index is 0.000000138. The molecule has 18 rings (SSSR count). The Morgan fingerprint density at radius 2 is 0.605 bits per heavy atom. The van der Waals surface area contributed by atoms with Crippen molar-refractivity contribution in [3.05, 3.63) is 140 Å². The lowest BCUT2D eigenvalue weighted by Crippen LogP contribution is -2.37. The maximum atomic E-state index is 11.6. The summed E-state index contributed by atoms with van der Waals surface area (Å²) >= 11 is 0. The standard InChI is InChI=1S/C13H22N4O.C13H23N3O.C13H21N3.C12H19N3.2C12H21N3.2C11H19N3/c1-13(2,3)16-6-10-7-17(14-11(10)8-16)9-12(18)15(4)5;1-5-11(9-17)16-7-10-6-15(13(2,3)4)8-12(10)14-16;1-13(2,3)15-7-10-8-16(11-5-4-6-11)14-12(10)9-15;1-12(2,3)14-6-9-7-15(10-4-5-10)13-11(9)8-14;1-9(2)15-7-10-6-14(12(3,4)5)8-11(10)13-15;1-5-6-15-8-10-7-14(12(2,3)4)9-11(10)13-15;2*1-5-14-7-9-6-13(11(2,3)4)8-10(9)12-14/h7H,6,8-9H2,1-5H3;7,11,17H,5-6,8-9H2,1-4H3;8,11H,4-7,9H2,1-3H3;7,10H,4-6,8H2,1-3H3;7,9H,6,8H2,1-5H3;8H,5-7,9H2,1-4H3;2*7H,5-6,8H2,1-4H3. The highest BCUT2D eigenvalue weighted by Crippen LogP contribution is 2.40. The van der Waals surface area contributed by atoms with E-state index in [2.05, 4.69) is 340 Å².